The van der Waals surface area contributed by atoms with Crippen LogP contribution in [0.25, 0.3) is 21.8 Å². The summed E-state index contributed by atoms with van der Waals surface area (Å²) in [5.74, 6) is -0.117. The zero-order valence-corrected chi connectivity index (χ0v) is 42.8. The van der Waals surface area contributed by atoms with E-state index >= 15 is 0 Å². The van der Waals surface area contributed by atoms with Crippen LogP contribution in [0.5, 0.6) is 0 Å². The van der Waals surface area contributed by atoms with Crippen LogP contribution in [-0.2, 0) is 89.6 Å². The van der Waals surface area contributed by atoms with Gasteiger partial charge in [-0.05, 0) is 89.4 Å². The number of rotatable bonds is 11. The van der Waals surface area contributed by atoms with Gasteiger partial charge in [-0.25, -0.2) is 39.5 Å². The maximum atomic E-state index is 13.0. The monoisotopic (exact) mass is 1030 g/mol. The molecule has 1 saturated heterocycles. The summed E-state index contributed by atoms with van der Waals surface area (Å²) in [7, 11) is -11.6. The minimum Gasteiger partial charge on any atom is -0.444 e. The van der Waals surface area contributed by atoms with Crippen LogP contribution >= 0.6 is 0 Å². The minimum atomic E-state index is -3.94. The normalized spacial score (nSPS) is 16.5. The number of imidazole rings is 2. The van der Waals surface area contributed by atoms with Crippen molar-refractivity contribution in [3.05, 3.63) is 84.0 Å². The standard InChI is InChI=1S/C22H29N5O6S2.C22H29N5O5S2/c1-6-34(29,30)27-18-8-7-15(24-35(31,32)20-13-25(5)14-23-20)11-16(18)17-12-26(10-9-19(17)27)21(28)33-22(2,3)4;1-3-33(28,29)27-20-5-4-16(24-34(30,31)22-14-25(2)15-23-22)12-18(20)19-13-26(9-6-21(19)27)17-7-10-32-11-8-17/h7-8,11,13-14,24H,6,9-10,12H2,1-5H3;4-5,12,14-15,17,24H,3,6-11,13H2,1-2H3. The van der Waals surface area contributed by atoms with E-state index in [1.54, 1.807) is 83.6 Å². The number of fused-ring (bicyclic) bond motifs is 6. The molecular formula is C44H58N10O11S4. The van der Waals surface area contributed by atoms with Gasteiger partial charge in [0, 0.05) is 117 Å². The number of sulfonamides is 2. The van der Waals surface area contributed by atoms with Gasteiger partial charge >= 0.3 is 6.09 Å². The molecule has 69 heavy (non-hydrogen) atoms. The Kier molecular flexibility index (Phi) is 13.5. The summed E-state index contributed by atoms with van der Waals surface area (Å²) >= 11 is 0. The van der Waals surface area contributed by atoms with E-state index in [9.17, 15) is 38.5 Å². The van der Waals surface area contributed by atoms with Crippen molar-refractivity contribution in [2.75, 3.05) is 47.3 Å². The molecule has 0 bridgehead atoms. The Morgan fingerprint density at radius 2 is 1.17 bits per heavy atom. The first-order valence-electron chi connectivity index (χ1n) is 22.5. The molecule has 4 aromatic heterocycles. The molecule has 0 radical (unpaired) electrons. The van der Waals surface area contributed by atoms with E-state index in [0.29, 0.717) is 65.3 Å². The highest BCUT2D eigenvalue weighted by molar-refractivity contribution is 7.93. The average Bonchev–Trinajstić information content (AvgIpc) is 4.09. The van der Waals surface area contributed by atoms with Crippen molar-refractivity contribution in [2.45, 2.75) is 95.1 Å². The highest BCUT2D eigenvalue weighted by Crippen LogP contribution is 2.37. The van der Waals surface area contributed by atoms with Crippen molar-refractivity contribution in [3.63, 3.8) is 0 Å². The van der Waals surface area contributed by atoms with Gasteiger partial charge in [-0.15, -0.1) is 0 Å². The second kappa shape index (κ2) is 18.7. The van der Waals surface area contributed by atoms with Crippen molar-refractivity contribution < 1.29 is 47.9 Å². The number of carbonyl (C=O) groups excluding carboxylic acids is 1. The van der Waals surface area contributed by atoms with Crippen LogP contribution < -0.4 is 9.44 Å². The first-order valence-corrected chi connectivity index (χ1v) is 28.7. The van der Waals surface area contributed by atoms with Crippen LogP contribution in [-0.4, -0.2) is 126 Å². The lowest BCUT2D eigenvalue weighted by molar-refractivity contribution is 0.0224. The van der Waals surface area contributed by atoms with E-state index in [4.69, 9.17) is 9.47 Å². The molecule has 21 nitrogen and oxygen atoms in total. The molecule has 1 amide bonds. The summed E-state index contributed by atoms with van der Waals surface area (Å²) in [6, 6.07) is 10.1. The van der Waals surface area contributed by atoms with Crippen LogP contribution in [0.3, 0.4) is 0 Å². The highest BCUT2D eigenvalue weighted by Gasteiger charge is 2.34. The zero-order chi connectivity index (χ0) is 49.8. The Bertz CT molecular complexity index is 3400. The smallest absolute Gasteiger partial charge is 0.410 e. The van der Waals surface area contributed by atoms with E-state index in [1.807, 2.05) is 0 Å². The third-order valence-corrected chi connectivity index (χ3v) is 18.2. The SMILES string of the molecule is CCS(=O)(=O)n1c2c(c3cc(NS(=O)(=O)c4cn(C)cn4)ccc31)CN(C(=O)OC(C)(C)C)CC2.CCS(=O)(=O)n1c2c(c3cc(NS(=O)(=O)c4cn(C)cn4)ccc31)CN(C1CCOCC1)CC2. The molecule has 6 aromatic rings. The largest absolute Gasteiger partial charge is 0.444 e. The Morgan fingerprint density at radius 1 is 0.710 bits per heavy atom. The molecule has 0 atom stereocenters. The molecule has 9 rings (SSSR count). The van der Waals surface area contributed by atoms with Crippen molar-refractivity contribution in [3.8, 4) is 0 Å². The Hall–Kier alpha value is -5.47. The molecule has 3 aliphatic heterocycles. The van der Waals surface area contributed by atoms with Crippen molar-refractivity contribution in [2.24, 2.45) is 14.1 Å². The summed E-state index contributed by atoms with van der Waals surface area (Å²) in [5, 5.41) is 1.09. The number of aryl methyl sites for hydroxylation is 2. The highest BCUT2D eigenvalue weighted by atomic mass is 32.2. The molecule has 25 heteroatoms. The van der Waals surface area contributed by atoms with Gasteiger partial charge in [0.25, 0.3) is 20.0 Å². The van der Waals surface area contributed by atoms with Crippen molar-refractivity contribution >= 4 is 79.4 Å². The van der Waals surface area contributed by atoms with Crippen LogP contribution in [0.1, 0.15) is 70.0 Å². The number of hydrogen-bond donors (Lipinski definition) is 2. The van der Waals surface area contributed by atoms with E-state index in [0.717, 1.165) is 49.2 Å². The molecule has 1 fully saturated rings. The number of amides is 1. The van der Waals surface area contributed by atoms with Crippen LogP contribution in [0.15, 0.2) is 71.5 Å². The van der Waals surface area contributed by atoms with Crippen molar-refractivity contribution in [1.82, 2.24) is 36.8 Å². The van der Waals surface area contributed by atoms with E-state index in [-0.39, 0.29) is 33.8 Å². The fourth-order valence-corrected chi connectivity index (χ4v) is 13.6. The summed E-state index contributed by atoms with van der Waals surface area (Å²) in [6.07, 6.45) is 7.98. The number of anilines is 2. The number of benzene rings is 2. The lowest BCUT2D eigenvalue weighted by atomic mass is 9.99. The summed E-state index contributed by atoms with van der Waals surface area (Å²) < 4.78 is 125. The number of nitrogens with zero attached hydrogens (tertiary/aromatic N) is 8. The first-order chi connectivity index (χ1) is 32.4. The molecule has 2 N–H and O–H groups in total. The average molecular weight is 1030 g/mol. The van der Waals surface area contributed by atoms with Crippen molar-refractivity contribution in [1.29, 1.82) is 0 Å². The minimum absolute atomic E-state index is 0.0129. The molecular weight excluding hydrogens is 973 g/mol. The summed E-state index contributed by atoms with van der Waals surface area (Å²) in [4.78, 5) is 24.5. The topological polar surface area (TPSA) is 248 Å². The molecule has 0 spiro atoms. The van der Waals surface area contributed by atoms with Gasteiger partial charge in [-0.1, -0.05) is 0 Å². The molecule has 0 aliphatic carbocycles. The second-order valence-electron chi connectivity index (χ2n) is 18.3. The van der Waals surface area contributed by atoms with Gasteiger partial charge in [0.05, 0.1) is 41.7 Å². The Balaban J connectivity index is 0.000000186. The quantitative estimate of drug-likeness (QED) is 0.181. The zero-order valence-electron chi connectivity index (χ0n) is 39.5. The summed E-state index contributed by atoms with van der Waals surface area (Å²) in [5.41, 5.74) is 3.95. The number of carbonyl (C=O) groups is 1. The lowest BCUT2D eigenvalue weighted by Gasteiger charge is -2.37. The molecule has 3 aliphatic rings. The van der Waals surface area contributed by atoms with Gasteiger partial charge < -0.3 is 23.5 Å². The number of hydrogen-bond acceptors (Lipinski definition) is 14. The number of ether oxygens (including phenoxy) is 2. The van der Waals surface area contributed by atoms with Gasteiger partial charge in [-0.2, -0.15) is 16.8 Å². The van der Waals surface area contributed by atoms with E-state index in [2.05, 4.69) is 24.3 Å². The van der Waals surface area contributed by atoms with Gasteiger partial charge in [0.1, 0.15) is 5.60 Å². The van der Waals surface area contributed by atoms with Gasteiger partial charge in [0.15, 0.2) is 10.1 Å². The maximum Gasteiger partial charge on any atom is 0.410 e. The van der Waals surface area contributed by atoms with E-state index < -0.39 is 51.8 Å². The fourth-order valence-electron chi connectivity index (χ4n) is 8.99. The third-order valence-electron chi connectivity index (χ3n) is 12.3. The Labute approximate surface area is 402 Å². The molecule has 374 valence electrons. The second-order valence-corrected chi connectivity index (χ2v) is 25.8. The maximum absolute atomic E-state index is 13.0. The Morgan fingerprint density at radius 3 is 1.61 bits per heavy atom. The predicted octanol–water partition coefficient (Wildman–Crippen LogP) is 4.58. The predicted molar refractivity (Wildman–Crippen MR) is 260 cm³/mol. The van der Waals surface area contributed by atoms with Gasteiger partial charge in [-0.3, -0.25) is 14.3 Å². The molecule has 0 saturated carbocycles. The fraction of sp³-hybridized carbons (Fsp3) is 0.477. The first kappa shape index (κ1) is 49.9. The molecule has 7 heterocycles. The number of nitrogens with one attached hydrogen (secondary N) is 2. The van der Waals surface area contributed by atoms with E-state index in [1.165, 1.54) is 48.5 Å². The lowest BCUT2D eigenvalue weighted by Crippen LogP contribution is -2.42. The molecule has 2 aromatic carbocycles. The molecule has 0 unspecified atom stereocenters. The van der Waals surface area contributed by atoms with Crippen LogP contribution in [0.4, 0.5) is 16.2 Å². The van der Waals surface area contributed by atoms with Crippen LogP contribution in [0.2, 0.25) is 0 Å². The van der Waals surface area contributed by atoms with Crippen LogP contribution in [0, 0.1) is 0 Å². The third kappa shape index (κ3) is 10.2. The summed E-state index contributed by atoms with van der Waals surface area (Å²) in [6.45, 7) is 11.9. The number of aromatic nitrogens is 6. The van der Waals surface area contributed by atoms with Gasteiger partial charge in [0.2, 0.25) is 20.0 Å².